The van der Waals surface area contributed by atoms with E-state index in [0.29, 0.717) is 58.0 Å². The third kappa shape index (κ3) is 6.42. The number of aromatic nitrogens is 2. The van der Waals surface area contributed by atoms with Crippen LogP contribution in [0.15, 0.2) is 42.6 Å². The van der Waals surface area contributed by atoms with Gasteiger partial charge in [-0.05, 0) is 61.4 Å². The summed E-state index contributed by atoms with van der Waals surface area (Å²) < 4.78 is 0. The molecular formula is C35H46N8O3. The molecule has 4 aliphatic rings. The molecule has 7 rings (SSSR count). The first-order chi connectivity index (χ1) is 22.4. The fourth-order valence-electron chi connectivity index (χ4n) is 7.98. The summed E-state index contributed by atoms with van der Waals surface area (Å²) in [5.41, 5.74) is 5.03. The number of aromatic amines is 1. The molecule has 0 spiro atoms. The van der Waals surface area contributed by atoms with Crippen molar-refractivity contribution in [2.45, 2.75) is 83.0 Å². The highest BCUT2D eigenvalue weighted by Gasteiger charge is 2.35. The maximum Gasteiger partial charge on any atom is 0.322 e. The lowest BCUT2D eigenvalue weighted by molar-refractivity contribution is -0.135. The van der Waals surface area contributed by atoms with Gasteiger partial charge < -0.3 is 25.3 Å². The average Bonchev–Trinajstić information content (AvgIpc) is 3.57. The molecule has 1 atom stereocenters. The summed E-state index contributed by atoms with van der Waals surface area (Å²) in [4.78, 5) is 48.9. The van der Waals surface area contributed by atoms with E-state index < -0.39 is 6.04 Å². The minimum atomic E-state index is -0.667. The zero-order valence-electron chi connectivity index (χ0n) is 26.8. The van der Waals surface area contributed by atoms with Gasteiger partial charge in [0.2, 0.25) is 5.91 Å². The molecule has 0 radical (unpaired) electrons. The van der Waals surface area contributed by atoms with E-state index in [9.17, 15) is 14.4 Å². The van der Waals surface area contributed by atoms with Gasteiger partial charge in [0.15, 0.2) is 0 Å². The van der Waals surface area contributed by atoms with Gasteiger partial charge in [-0.25, -0.2) is 9.59 Å². The standard InChI is InChI=1S/C35H46N8O3/c1-24-19-25(20-27-22-36-39-32(24)27)21-31(33(44)41-17-15-40(16-18-41)28-8-3-2-4-9-28)38-34(45)42-13-11-29(12-14-42)43-23-26-7-5-6-10-30(26)37-35(43)46/h5-7,10,19-20,22,28-29,31H,2-4,8-9,11-18,21,23H2,1H3,(H,36,39)(H,37,46)(H,38,45). The van der Waals surface area contributed by atoms with Gasteiger partial charge in [-0.3, -0.25) is 14.8 Å². The van der Waals surface area contributed by atoms with Crippen LogP contribution in [0.4, 0.5) is 15.3 Å². The number of H-pyrrole nitrogens is 1. The number of piperidine rings is 1. The van der Waals surface area contributed by atoms with Gasteiger partial charge in [-0.2, -0.15) is 5.10 Å². The Labute approximate surface area is 270 Å². The highest BCUT2D eigenvalue weighted by molar-refractivity contribution is 5.92. The van der Waals surface area contributed by atoms with Crippen LogP contribution >= 0.6 is 0 Å². The lowest BCUT2D eigenvalue weighted by atomic mass is 9.93. The highest BCUT2D eigenvalue weighted by Crippen LogP contribution is 2.28. The Morgan fingerprint density at radius 2 is 1.70 bits per heavy atom. The molecular weight excluding hydrogens is 580 g/mol. The number of carbonyl (C=O) groups is 3. The van der Waals surface area contributed by atoms with Crippen LogP contribution in [0.3, 0.4) is 0 Å². The van der Waals surface area contributed by atoms with Crippen LogP contribution in [-0.2, 0) is 17.8 Å². The van der Waals surface area contributed by atoms with Gasteiger partial charge in [0, 0.05) is 75.4 Å². The fourth-order valence-corrected chi connectivity index (χ4v) is 7.98. The molecule has 2 aromatic carbocycles. The van der Waals surface area contributed by atoms with Crippen molar-refractivity contribution in [3.8, 4) is 0 Å². The molecule has 46 heavy (non-hydrogen) atoms. The van der Waals surface area contributed by atoms with Crippen molar-refractivity contribution in [2.75, 3.05) is 44.6 Å². The molecule has 2 saturated heterocycles. The predicted octanol–water partition coefficient (Wildman–Crippen LogP) is 4.48. The van der Waals surface area contributed by atoms with E-state index in [-0.39, 0.29) is 24.0 Å². The first-order valence-electron chi connectivity index (χ1n) is 17.1. The monoisotopic (exact) mass is 626 g/mol. The minimum absolute atomic E-state index is 0.0138. The molecule has 1 unspecified atom stereocenters. The van der Waals surface area contributed by atoms with E-state index in [1.807, 2.05) is 41.0 Å². The number of nitrogens with zero attached hydrogens (tertiary/aromatic N) is 5. The number of hydrogen-bond acceptors (Lipinski definition) is 5. The van der Waals surface area contributed by atoms with E-state index >= 15 is 0 Å². The summed E-state index contributed by atoms with van der Waals surface area (Å²) in [7, 11) is 0. The number of benzene rings is 2. The molecule has 4 heterocycles. The molecule has 11 heteroatoms. The van der Waals surface area contributed by atoms with E-state index in [4.69, 9.17) is 0 Å². The van der Waals surface area contributed by atoms with Crippen molar-refractivity contribution >= 4 is 34.6 Å². The molecule has 3 fully saturated rings. The van der Waals surface area contributed by atoms with Crippen LogP contribution in [0, 0.1) is 6.92 Å². The van der Waals surface area contributed by atoms with Crippen LogP contribution in [0.2, 0.25) is 0 Å². The number of urea groups is 2. The van der Waals surface area contributed by atoms with Gasteiger partial charge in [0.25, 0.3) is 0 Å². The maximum atomic E-state index is 14.1. The predicted molar refractivity (Wildman–Crippen MR) is 177 cm³/mol. The molecule has 0 bridgehead atoms. The Morgan fingerprint density at radius 3 is 2.48 bits per heavy atom. The Bertz CT molecular complexity index is 1570. The summed E-state index contributed by atoms with van der Waals surface area (Å²) in [5.74, 6) is -0.0138. The largest absolute Gasteiger partial charge is 0.338 e. The second kappa shape index (κ2) is 13.3. The molecule has 1 aromatic heterocycles. The maximum absolute atomic E-state index is 14.1. The van der Waals surface area contributed by atoms with Crippen LogP contribution in [-0.4, -0.2) is 105 Å². The minimum Gasteiger partial charge on any atom is -0.338 e. The normalized spacial score (nSPS) is 20.8. The van der Waals surface area contributed by atoms with E-state index in [1.165, 1.54) is 32.1 Å². The van der Waals surface area contributed by atoms with Gasteiger partial charge in [0.1, 0.15) is 6.04 Å². The number of anilines is 1. The van der Waals surface area contributed by atoms with Crippen molar-refractivity contribution in [3.05, 3.63) is 59.3 Å². The Hall–Kier alpha value is -4.12. The topological polar surface area (TPSA) is 117 Å². The molecule has 244 valence electrons. The van der Waals surface area contributed by atoms with Crippen molar-refractivity contribution in [1.82, 2.24) is 35.1 Å². The van der Waals surface area contributed by atoms with Crippen LogP contribution in [0.5, 0.6) is 0 Å². The van der Waals surface area contributed by atoms with Crippen molar-refractivity contribution in [2.24, 2.45) is 0 Å². The number of fused-ring (bicyclic) bond motifs is 2. The number of hydrogen-bond donors (Lipinski definition) is 3. The quantitative estimate of drug-likeness (QED) is 0.373. The van der Waals surface area contributed by atoms with Crippen molar-refractivity contribution in [1.29, 1.82) is 0 Å². The van der Waals surface area contributed by atoms with Crippen LogP contribution in [0.25, 0.3) is 10.9 Å². The van der Waals surface area contributed by atoms with E-state index in [2.05, 4.69) is 37.9 Å². The Kier molecular flexibility index (Phi) is 8.84. The fraction of sp³-hybridized carbons (Fsp3) is 0.543. The number of para-hydroxylation sites is 1. The zero-order chi connectivity index (χ0) is 31.6. The van der Waals surface area contributed by atoms with Gasteiger partial charge in [-0.15, -0.1) is 0 Å². The second-order valence-corrected chi connectivity index (χ2v) is 13.5. The SMILES string of the molecule is Cc1cc(CC(NC(=O)N2CCC(N3Cc4ccccc4NC3=O)CC2)C(=O)N2CCN(C3CCCCC3)CC2)cc2cn[nH]c12. The van der Waals surface area contributed by atoms with Crippen molar-refractivity contribution in [3.63, 3.8) is 0 Å². The number of rotatable bonds is 6. The van der Waals surface area contributed by atoms with Gasteiger partial charge in [-0.1, -0.05) is 43.5 Å². The summed E-state index contributed by atoms with van der Waals surface area (Å²) in [6, 6.07) is 11.8. The highest BCUT2D eigenvalue weighted by atomic mass is 16.2. The van der Waals surface area contributed by atoms with Crippen LogP contribution in [0.1, 0.15) is 61.6 Å². The smallest absolute Gasteiger partial charge is 0.322 e. The summed E-state index contributed by atoms with van der Waals surface area (Å²) >= 11 is 0. The molecule has 11 nitrogen and oxygen atoms in total. The lowest BCUT2D eigenvalue weighted by Gasteiger charge is -2.42. The molecule has 5 amide bonds. The third-order valence-electron chi connectivity index (χ3n) is 10.6. The molecule has 3 aromatic rings. The summed E-state index contributed by atoms with van der Waals surface area (Å²) in [6.07, 6.45) is 10.1. The molecule has 3 N–H and O–H groups in total. The summed E-state index contributed by atoms with van der Waals surface area (Å²) in [5, 5.41) is 14.4. The number of aryl methyl sites for hydroxylation is 1. The lowest BCUT2D eigenvalue weighted by Crippen LogP contribution is -2.59. The van der Waals surface area contributed by atoms with E-state index in [0.717, 1.165) is 46.4 Å². The second-order valence-electron chi connectivity index (χ2n) is 13.5. The van der Waals surface area contributed by atoms with Crippen LogP contribution < -0.4 is 10.6 Å². The Morgan fingerprint density at radius 1 is 0.935 bits per heavy atom. The number of carbonyl (C=O) groups excluding carboxylic acids is 3. The van der Waals surface area contributed by atoms with Gasteiger partial charge >= 0.3 is 12.1 Å². The number of nitrogens with one attached hydrogen (secondary N) is 3. The number of likely N-dealkylation sites (tertiary alicyclic amines) is 1. The molecule has 1 aliphatic carbocycles. The molecule has 1 saturated carbocycles. The Balaban J connectivity index is 1.01. The molecule has 3 aliphatic heterocycles. The first kappa shape index (κ1) is 30.5. The number of piperazine rings is 1. The summed E-state index contributed by atoms with van der Waals surface area (Å²) in [6.45, 7) is 6.82. The average molecular weight is 627 g/mol. The number of amides is 5. The van der Waals surface area contributed by atoms with E-state index in [1.54, 1.807) is 11.1 Å². The zero-order valence-corrected chi connectivity index (χ0v) is 26.8. The third-order valence-corrected chi connectivity index (χ3v) is 10.6. The van der Waals surface area contributed by atoms with Crippen molar-refractivity contribution < 1.29 is 14.4 Å². The van der Waals surface area contributed by atoms with Gasteiger partial charge in [0.05, 0.1) is 11.7 Å². The first-order valence-corrected chi connectivity index (χ1v) is 17.1.